The van der Waals surface area contributed by atoms with E-state index >= 15 is 0 Å². The smallest absolute Gasteiger partial charge is 0.261 e. The lowest BCUT2D eigenvalue weighted by atomic mass is 10.4. The first kappa shape index (κ1) is 18.0. The van der Waals surface area contributed by atoms with Crippen molar-refractivity contribution in [2.75, 3.05) is 19.8 Å². The summed E-state index contributed by atoms with van der Waals surface area (Å²) in [4.78, 5) is 0.0360. The summed E-state index contributed by atoms with van der Waals surface area (Å²) >= 11 is 0. The standard InChI is InChI=1S/C12H20F2N2O4S/c1-2-4-16-7-11(6-10(16)8-17)21(18,19)15-3-5-20-9-12(13)14/h6-7,12,15,17H,2-5,8-9H2,1H3. The molecule has 0 aliphatic rings. The van der Waals surface area contributed by atoms with E-state index in [4.69, 9.17) is 0 Å². The number of aliphatic hydroxyl groups is 1. The second-order valence-corrected chi connectivity index (χ2v) is 6.15. The Bertz CT molecular complexity index is 531. The van der Waals surface area contributed by atoms with E-state index in [-0.39, 0.29) is 24.7 Å². The van der Waals surface area contributed by atoms with Crippen LogP contribution in [0.5, 0.6) is 0 Å². The van der Waals surface area contributed by atoms with E-state index in [1.807, 2.05) is 6.92 Å². The second-order valence-electron chi connectivity index (χ2n) is 4.38. The van der Waals surface area contributed by atoms with Crippen LogP contribution in [0.25, 0.3) is 0 Å². The first-order valence-electron chi connectivity index (χ1n) is 6.56. The number of nitrogens with one attached hydrogen (secondary N) is 1. The van der Waals surface area contributed by atoms with Gasteiger partial charge in [-0.15, -0.1) is 0 Å². The Kier molecular flexibility index (Phi) is 7.23. The van der Waals surface area contributed by atoms with Crippen molar-refractivity contribution in [3.8, 4) is 0 Å². The molecule has 0 aliphatic heterocycles. The molecular weight excluding hydrogens is 306 g/mol. The van der Waals surface area contributed by atoms with Crippen LogP contribution < -0.4 is 4.72 Å². The van der Waals surface area contributed by atoms with Gasteiger partial charge < -0.3 is 14.4 Å². The third kappa shape index (κ3) is 5.70. The van der Waals surface area contributed by atoms with Gasteiger partial charge in [0, 0.05) is 25.0 Å². The third-order valence-electron chi connectivity index (χ3n) is 2.68. The van der Waals surface area contributed by atoms with E-state index in [9.17, 15) is 22.3 Å². The Morgan fingerprint density at radius 3 is 2.76 bits per heavy atom. The molecule has 21 heavy (non-hydrogen) atoms. The van der Waals surface area contributed by atoms with Crippen LogP contribution in [0.4, 0.5) is 8.78 Å². The minimum atomic E-state index is -3.74. The van der Waals surface area contributed by atoms with Crippen molar-refractivity contribution >= 4 is 10.0 Å². The van der Waals surface area contributed by atoms with Crippen molar-refractivity contribution in [2.24, 2.45) is 0 Å². The molecule has 122 valence electrons. The van der Waals surface area contributed by atoms with E-state index in [0.29, 0.717) is 12.2 Å². The predicted octanol–water partition coefficient (Wildman–Crippen LogP) is 0.950. The fourth-order valence-electron chi connectivity index (χ4n) is 1.76. The van der Waals surface area contributed by atoms with Crippen LogP contribution in [0.3, 0.4) is 0 Å². The summed E-state index contributed by atoms with van der Waals surface area (Å²) < 4.78 is 56.2. The minimum Gasteiger partial charge on any atom is -0.390 e. The van der Waals surface area contributed by atoms with Gasteiger partial charge in [-0.25, -0.2) is 21.9 Å². The summed E-state index contributed by atoms with van der Waals surface area (Å²) in [5.41, 5.74) is 0.506. The molecule has 0 amide bonds. The summed E-state index contributed by atoms with van der Waals surface area (Å²) in [6.45, 7) is 1.34. The number of nitrogens with zero attached hydrogens (tertiary/aromatic N) is 1. The molecule has 0 spiro atoms. The first-order chi connectivity index (χ1) is 9.90. The zero-order chi connectivity index (χ0) is 15.9. The Labute approximate surface area is 122 Å². The Morgan fingerprint density at radius 1 is 1.48 bits per heavy atom. The fourth-order valence-corrected chi connectivity index (χ4v) is 2.83. The summed E-state index contributed by atoms with van der Waals surface area (Å²) in [6, 6.07) is 1.39. The van der Waals surface area contributed by atoms with Gasteiger partial charge in [0.1, 0.15) is 6.61 Å². The average Bonchev–Trinajstić information content (AvgIpc) is 2.82. The van der Waals surface area contributed by atoms with Crippen LogP contribution in [0.1, 0.15) is 19.0 Å². The van der Waals surface area contributed by atoms with Gasteiger partial charge in [0.25, 0.3) is 6.43 Å². The van der Waals surface area contributed by atoms with Crippen molar-refractivity contribution in [3.63, 3.8) is 0 Å². The van der Waals surface area contributed by atoms with Crippen molar-refractivity contribution in [1.82, 2.24) is 9.29 Å². The van der Waals surface area contributed by atoms with Crippen LogP contribution in [-0.4, -0.2) is 44.3 Å². The van der Waals surface area contributed by atoms with Crippen LogP contribution in [0.2, 0.25) is 0 Å². The lowest BCUT2D eigenvalue weighted by molar-refractivity contribution is 0.0199. The number of aromatic nitrogens is 1. The number of hydrogen-bond donors (Lipinski definition) is 2. The molecule has 6 nitrogen and oxygen atoms in total. The Balaban J connectivity index is 2.61. The topological polar surface area (TPSA) is 80.6 Å². The van der Waals surface area contributed by atoms with Gasteiger partial charge in [0.15, 0.2) is 0 Å². The van der Waals surface area contributed by atoms with Gasteiger partial charge in [-0.05, 0) is 12.5 Å². The Morgan fingerprint density at radius 2 is 2.19 bits per heavy atom. The predicted molar refractivity (Wildman–Crippen MR) is 72.7 cm³/mol. The van der Waals surface area contributed by atoms with Gasteiger partial charge in [0.05, 0.1) is 18.1 Å². The van der Waals surface area contributed by atoms with Gasteiger partial charge in [-0.2, -0.15) is 0 Å². The van der Waals surface area contributed by atoms with E-state index in [1.54, 1.807) is 4.57 Å². The van der Waals surface area contributed by atoms with E-state index in [0.717, 1.165) is 6.42 Å². The molecule has 1 aromatic rings. The molecule has 9 heteroatoms. The monoisotopic (exact) mass is 326 g/mol. The van der Waals surface area contributed by atoms with E-state index in [1.165, 1.54) is 12.3 Å². The number of rotatable bonds is 10. The highest BCUT2D eigenvalue weighted by atomic mass is 32.2. The molecule has 0 radical (unpaired) electrons. The molecule has 0 aromatic carbocycles. The van der Waals surface area contributed by atoms with Crippen LogP contribution in [-0.2, 0) is 27.9 Å². The van der Waals surface area contributed by atoms with Gasteiger partial charge in [-0.1, -0.05) is 6.92 Å². The number of aryl methyl sites for hydroxylation is 1. The molecule has 0 bridgehead atoms. The molecule has 1 aromatic heterocycles. The minimum absolute atomic E-state index is 0.0360. The maximum atomic E-state index is 12.0. The molecule has 1 rings (SSSR count). The van der Waals surface area contributed by atoms with Gasteiger partial charge in [0.2, 0.25) is 10.0 Å². The molecule has 0 unspecified atom stereocenters. The number of alkyl halides is 2. The van der Waals surface area contributed by atoms with Crippen LogP contribution in [0, 0.1) is 0 Å². The summed E-state index contributed by atoms with van der Waals surface area (Å²) in [5, 5.41) is 9.20. The zero-order valence-corrected chi connectivity index (χ0v) is 12.6. The number of sulfonamides is 1. The number of aliphatic hydroxyl groups excluding tert-OH is 1. The molecule has 0 fully saturated rings. The summed E-state index contributed by atoms with van der Waals surface area (Å²) in [6.07, 6.45) is -0.329. The highest BCUT2D eigenvalue weighted by Crippen LogP contribution is 2.15. The van der Waals surface area contributed by atoms with Crippen molar-refractivity contribution in [2.45, 2.75) is 37.8 Å². The van der Waals surface area contributed by atoms with E-state index in [2.05, 4.69) is 9.46 Å². The molecule has 2 N–H and O–H groups in total. The fraction of sp³-hybridized carbons (Fsp3) is 0.667. The zero-order valence-electron chi connectivity index (χ0n) is 11.8. The van der Waals surface area contributed by atoms with Crippen LogP contribution >= 0.6 is 0 Å². The number of ether oxygens (including phenoxy) is 1. The molecule has 1 heterocycles. The van der Waals surface area contributed by atoms with Crippen molar-refractivity contribution in [3.05, 3.63) is 18.0 Å². The molecule has 0 atom stereocenters. The quantitative estimate of drug-likeness (QED) is 0.627. The van der Waals surface area contributed by atoms with Crippen LogP contribution in [0.15, 0.2) is 17.2 Å². The largest absolute Gasteiger partial charge is 0.390 e. The van der Waals surface area contributed by atoms with E-state index < -0.39 is 23.1 Å². The second kappa shape index (κ2) is 8.42. The van der Waals surface area contributed by atoms with Crippen molar-refractivity contribution in [1.29, 1.82) is 0 Å². The highest BCUT2D eigenvalue weighted by Gasteiger charge is 2.17. The maximum absolute atomic E-state index is 12.0. The Hall–Kier alpha value is -1.03. The lowest BCUT2D eigenvalue weighted by Gasteiger charge is -2.06. The molecule has 0 aliphatic carbocycles. The normalized spacial score (nSPS) is 12.2. The molecule has 0 saturated heterocycles. The average molecular weight is 326 g/mol. The molecule has 0 saturated carbocycles. The lowest BCUT2D eigenvalue weighted by Crippen LogP contribution is -2.27. The number of halogens is 2. The summed E-state index contributed by atoms with van der Waals surface area (Å²) in [5.74, 6) is 0. The summed E-state index contributed by atoms with van der Waals surface area (Å²) in [7, 11) is -3.74. The van der Waals surface area contributed by atoms with Gasteiger partial charge >= 0.3 is 0 Å². The number of hydrogen-bond acceptors (Lipinski definition) is 4. The van der Waals surface area contributed by atoms with Gasteiger partial charge in [-0.3, -0.25) is 0 Å². The highest BCUT2D eigenvalue weighted by molar-refractivity contribution is 7.89. The maximum Gasteiger partial charge on any atom is 0.261 e. The SMILES string of the molecule is CCCn1cc(S(=O)(=O)NCCOCC(F)F)cc1CO. The first-order valence-corrected chi connectivity index (χ1v) is 8.04. The van der Waals surface area contributed by atoms with Crippen molar-refractivity contribution < 1.29 is 27.0 Å². The third-order valence-corrected chi connectivity index (χ3v) is 4.11. The molecular formula is C12H20F2N2O4S.